The number of hydrogen-bond acceptors (Lipinski definition) is 5. The minimum Gasteiger partial charge on any atom is -0.465 e. The van der Waals surface area contributed by atoms with Gasteiger partial charge in [0.15, 0.2) is 6.29 Å². The Hall–Kier alpha value is -0.650. The molecular formula is C9H17NO4. The fraction of sp³-hybridized carbons (Fsp3) is 0.889. The third kappa shape index (κ3) is 3.61. The van der Waals surface area contributed by atoms with Crippen LogP contribution in [0, 0.1) is 0 Å². The second-order valence-corrected chi connectivity index (χ2v) is 3.11. The van der Waals surface area contributed by atoms with Crippen LogP contribution < -0.4 is 5.73 Å². The van der Waals surface area contributed by atoms with Crippen LogP contribution in [-0.4, -0.2) is 38.1 Å². The molecule has 82 valence electrons. The molecule has 0 saturated carbocycles. The summed E-state index contributed by atoms with van der Waals surface area (Å²) >= 11 is 0. The van der Waals surface area contributed by atoms with E-state index in [1.807, 2.05) is 0 Å². The quantitative estimate of drug-likeness (QED) is 0.638. The highest BCUT2D eigenvalue weighted by atomic mass is 16.7. The van der Waals surface area contributed by atoms with Crippen molar-refractivity contribution in [2.45, 2.75) is 32.1 Å². The van der Waals surface area contributed by atoms with Crippen molar-refractivity contribution in [3.63, 3.8) is 0 Å². The second kappa shape index (κ2) is 5.95. The summed E-state index contributed by atoms with van der Waals surface area (Å²) < 4.78 is 15.2. The number of ether oxygens (including phenoxy) is 3. The Labute approximate surface area is 83.5 Å². The molecule has 0 aromatic carbocycles. The SMILES string of the molecule is CCOC(=O)C(N)CCC1OCCO1. The Bertz CT molecular complexity index is 180. The molecule has 1 saturated heterocycles. The summed E-state index contributed by atoms with van der Waals surface area (Å²) in [5, 5.41) is 0. The van der Waals surface area contributed by atoms with Crippen LogP contribution in [0.15, 0.2) is 0 Å². The summed E-state index contributed by atoms with van der Waals surface area (Å²) in [5.74, 6) is -0.356. The second-order valence-electron chi connectivity index (χ2n) is 3.11. The van der Waals surface area contributed by atoms with Gasteiger partial charge >= 0.3 is 5.97 Å². The Balaban J connectivity index is 2.13. The van der Waals surface area contributed by atoms with E-state index >= 15 is 0 Å². The predicted octanol–water partition coefficient (Wildman–Crippen LogP) is 0.0299. The molecule has 2 N–H and O–H groups in total. The average Bonchev–Trinajstić information content (AvgIpc) is 2.67. The molecular weight excluding hydrogens is 186 g/mol. The fourth-order valence-electron chi connectivity index (χ4n) is 1.26. The van der Waals surface area contributed by atoms with Crippen molar-refractivity contribution in [2.75, 3.05) is 19.8 Å². The number of carbonyl (C=O) groups is 1. The molecule has 0 bridgehead atoms. The van der Waals surface area contributed by atoms with Crippen LogP contribution in [-0.2, 0) is 19.0 Å². The first-order chi connectivity index (χ1) is 6.74. The third-order valence-corrected chi connectivity index (χ3v) is 1.99. The minimum atomic E-state index is -0.567. The van der Waals surface area contributed by atoms with Gasteiger partial charge in [-0.15, -0.1) is 0 Å². The lowest BCUT2D eigenvalue weighted by Crippen LogP contribution is -2.33. The van der Waals surface area contributed by atoms with Crippen LogP contribution in [0.1, 0.15) is 19.8 Å². The van der Waals surface area contributed by atoms with Crippen molar-refractivity contribution in [3.8, 4) is 0 Å². The summed E-state index contributed by atoms with van der Waals surface area (Å²) in [7, 11) is 0. The number of carbonyl (C=O) groups excluding carboxylic acids is 1. The summed E-state index contributed by atoms with van der Waals surface area (Å²) in [4.78, 5) is 11.1. The molecule has 1 aliphatic rings. The highest BCUT2D eigenvalue weighted by molar-refractivity contribution is 5.75. The van der Waals surface area contributed by atoms with Gasteiger partial charge in [-0.1, -0.05) is 0 Å². The van der Waals surface area contributed by atoms with Crippen LogP contribution in [0.5, 0.6) is 0 Å². The molecule has 1 aliphatic heterocycles. The molecule has 0 aliphatic carbocycles. The highest BCUT2D eigenvalue weighted by Gasteiger charge is 2.20. The first-order valence-corrected chi connectivity index (χ1v) is 4.89. The fourth-order valence-corrected chi connectivity index (χ4v) is 1.26. The molecule has 0 amide bonds. The van der Waals surface area contributed by atoms with E-state index in [9.17, 15) is 4.79 Å². The van der Waals surface area contributed by atoms with E-state index in [4.69, 9.17) is 19.9 Å². The smallest absolute Gasteiger partial charge is 0.322 e. The standard InChI is InChI=1S/C9H17NO4/c1-2-12-9(11)7(10)3-4-8-13-5-6-14-8/h7-8H,2-6,10H2,1H3. The van der Waals surface area contributed by atoms with Crippen molar-refractivity contribution >= 4 is 5.97 Å². The van der Waals surface area contributed by atoms with Crippen molar-refractivity contribution in [1.82, 2.24) is 0 Å². The maximum Gasteiger partial charge on any atom is 0.322 e. The largest absolute Gasteiger partial charge is 0.465 e. The normalized spacial score (nSPS) is 19.6. The highest BCUT2D eigenvalue weighted by Crippen LogP contribution is 2.11. The van der Waals surface area contributed by atoms with E-state index in [1.54, 1.807) is 6.92 Å². The minimum absolute atomic E-state index is 0.199. The van der Waals surface area contributed by atoms with E-state index in [1.165, 1.54) is 0 Å². The van der Waals surface area contributed by atoms with Crippen LogP contribution in [0.4, 0.5) is 0 Å². The number of nitrogens with two attached hydrogens (primary N) is 1. The Kier molecular flexibility index (Phi) is 4.86. The lowest BCUT2D eigenvalue weighted by Gasteiger charge is -2.12. The summed E-state index contributed by atoms with van der Waals surface area (Å²) in [6.45, 7) is 3.37. The zero-order valence-electron chi connectivity index (χ0n) is 8.40. The van der Waals surface area contributed by atoms with Gasteiger partial charge in [-0.05, 0) is 13.3 Å². The molecule has 1 rings (SSSR count). The zero-order chi connectivity index (χ0) is 10.4. The monoisotopic (exact) mass is 203 g/mol. The molecule has 0 spiro atoms. The lowest BCUT2D eigenvalue weighted by molar-refractivity contribution is -0.145. The maximum atomic E-state index is 11.1. The van der Waals surface area contributed by atoms with Crippen molar-refractivity contribution in [3.05, 3.63) is 0 Å². The summed E-state index contributed by atoms with van der Waals surface area (Å²) in [6.07, 6.45) is 0.971. The van der Waals surface area contributed by atoms with Crippen molar-refractivity contribution in [1.29, 1.82) is 0 Å². The van der Waals surface area contributed by atoms with E-state index in [2.05, 4.69) is 0 Å². The molecule has 0 aromatic rings. The first-order valence-electron chi connectivity index (χ1n) is 4.89. The molecule has 1 unspecified atom stereocenters. The summed E-state index contributed by atoms with van der Waals surface area (Å²) in [5.41, 5.74) is 5.60. The Morgan fingerprint density at radius 2 is 2.21 bits per heavy atom. The van der Waals surface area contributed by atoms with E-state index < -0.39 is 6.04 Å². The van der Waals surface area contributed by atoms with Gasteiger partial charge < -0.3 is 19.9 Å². The molecule has 5 heteroatoms. The van der Waals surface area contributed by atoms with Crippen LogP contribution in [0.25, 0.3) is 0 Å². The molecule has 1 heterocycles. The molecule has 0 radical (unpaired) electrons. The third-order valence-electron chi connectivity index (χ3n) is 1.99. The van der Waals surface area contributed by atoms with Gasteiger partial charge in [-0.25, -0.2) is 0 Å². The molecule has 1 atom stereocenters. The first kappa shape index (κ1) is 11.4. The summed E-state index contributed by atoms with van der Waals surface area (Å²) in [6, 6.07) is -0.567. The van der Waals surface area contributed by atoms with Gasteiger partial charge in [0.2, 0.25) is 0 Å². The number of rotatable bonds is 5. The van der Waals surface area contributed by atoms with Crippen LogP contribution >= 0.6 is 0 Å². The Morgan fingerprint density at radius 3 is 2.79 bits per heavy atom. The predicted molar refractivity (Wildman–Crippen MR) is 49.5 cm³/mol. The van der Waals surface area contributed by atoms with Gasteiger partial charge in [-0.3, -0.25) is 4.79 Å². The van der Waals surface area contributed by atoms with Crippen LogP contribution in [0.3, 0.4) is 0 Å². The number of hydrogen-bond donors (Lipinski definition) is 1. The topological polar surface area (TPSA) is 70.8 Å². The number of esters is 1. The van der Waals surface area contributed by atoms with Gasteiger partial charge in [0.1, 0.15) is 6.04 Å². The lowest BCUT2D eigenvalue weighted by atomic mass is 10.1. The van der Waals surface area contributed by atoms with Gasteiger partial charge in [0.05, 0.1) is 19.8 Å². The average molecular weight is 203 g/mol. The van der Waals surface area contributed by atoms with Gasteiger partial charge in [-0.2, -0.15) is 0 Å². The molecule has 5 nitrogen and oxygen atoms in total. The van der Waals surface area contributed by atoms with Gasteiger partial charge in [0.25, 0.3) is 0 Å². The molecule has 14 heavy (non-hydrogen) atoms. The van der Waals surface area contributed by atoms with Crippen molar-refractivity contribution < 1.29 is 19.0 Å². The van der Waals surface area contributed by atoms with Gasteiger partial charge in [0, 0.05) is 6.42 Å². The molecule has 1 fully saturated rings. The van der Waals surface area contributed by atoms with E-state index in [0.717, 1.165) is 0 Å². The van der Waals surface area contributed by atoms with Crippen molar-refractivity contribution in [2.24, 2.45) is 5.73 Å². The van der Waals surface area contributed by atoms with E-state index in [0.29, 0.717) is 32.7 Å². The van der Waals surface area contributed by atoms with E-state index in [-0.39, 0.29) is 12.3 Å². The van der Waals surface area contributed by atoms with Crippen LogP contribution in [0.2, 0.25) is 0 Å². The maximum absolute atomic E-state index is 11.1. The Morgan fingerprint density at radius 1 is 1.57 bits per heavy atom. The molecule has 0 aromatic heterocycles. The zero-order valence-corrected chi connectivity index (χ0v) is 8.40.